The van der Waals surface area contributed by atoms with Crippen LogP contribution in [0.5, 0.6) is 11.5 Å². The molecule has 0 saturated carbocycles. The zero-order valence-electron chi connectivity index (χ0n) is 24.4. The van der Waals surface area contributed by atoms with Gasteiger partial charge in [-0.3, -0.25) is 19.2 Å². The van der Waals surface area contributed by atoms with Crippen LogP contribution in [-0.4, -0.2) is 67.5 Å². The van der Waals surface area contributed by atoms with Crippen molar-refractivity contribution < 1.29 is 22.7 Å². The average Bonchev–Trinajstić information content (AvgIpc) is 2.90. The van der Waals surface area contributed by atoms with E-state index in [1.807, 2.05) is 29.2 Å². The number of rotatable bonds is 11. The van der Waals surface area contributed by atoms with Gasteiger partial charge >= 0.3 is 0 Å². The monoisotopic (exact) mass is 606 g/mol. The number of likely N-dealkylation sites (tertiary alicyclic amines) is 1. The molecule has 4 rings (SSSR count). The molecule has 9 nitrogen and oxygen atoms in total. The van der Waals surface area contributed by atoms with Crippen molar-refractivity contribution in [2.75, 3.05) is 30.6 Å². The van der Waals surface area contributed by atoms with Crippen molar-refractivity contribution in [2.24, 2.45) is 5.92 Å². The number of sulfonamides is 1. The van der Waals surface area contributed by atoms with Crippen molar-refractivity contribution in [2.45, 2.75) is 71.0 Å². The van der Waals surface area contributed by atoms with Gasteiger partial charge in [-0.05, 0) is 73.6 Å². The van der Waals surface area contributed by atoms with Crippen molar-refractivity contribution in [3.05, 3.63) is 54.1 Å². The predicted molar refractivity (Wildman–Crippen MR) is 164 cm³/mol. The summed E-state index contributed by atoms with van der Waals surface area (Å²) in [5.41, 5.74) is 0.868. The Bertz CT molecular complexity index is 1280. The quantitative estimate of drug-likeness (QED) is 0.381. The molecular weight excluding hydrogens is 564 g/mol. The van der Waals surface area contributed by atoms with E-state index in [1.165, 1.54) is 0 Å². The summed E-state index contributed by atoms with van der Waals surface area (Å²) in [6.07, 6.45) is 4.92. The molecule has 2 aliphatic heterocycles. The van der Waals surface area contributed by atoms with E-state index < -0.39 is 21.6 Å². The zero-order chi connectivity index (χ0) is 28.9. The van der Waals surface area contributed by atoms with Gasteiger partial charge in [0.05, 0.1) is 6.26 Å². The van der Waals surface area contributed by atoms with Crippen LogP contribution in [0.2, 0.25) is 0 Å². The van der Waals surface area contributed by atoms with Gasteiger partial charge in [0, 0.05) is 31.9 Å². The first-order valence-electron chi connectivity index (χ1n) is 14.2. The van der Waals surface area contributed by atoms with Gasteiger partial charge in [-0.2, -0.15) is 0 Å². The molecule has 2 aromatic carbocycles. The fourth-order valence-electron chi connectivity index (χ4n) is 5.59. The van der Waals surface area contributed by atoms with Crippen LogP contribution in [-0.2, 0) is 26.2 Å². The number of piperazine rings is 1. The van der Waals surface area contributed by atoms with Gasteiger partial charge in [0.1, 0.15) is 23.1 Å². The number of benzene rings is 2. The number of unbranched alkanes of at least 4 members (excludes halogenated alkanes) is 1. The van der Waals surface area contributed by atoms with Crippen molar-refractivity contribution in [3.8, 4) is 11.5 Å². The molecule has 41 heavy (non-hydrogen) atoms. The molecule has 2 heterocycles. The summed E-state index contributed by atoms with van der Waals surface area (Å²) in [5, 5.41) is 3.08. The molecule has 2 amide bonds. The van der Waals surface area contributed by atoms with Crippen LogP contribution in [0.4, 0.5) is 5.69 Å². The maximum Gasteiger partial charge on any atom is 0.246 e. The Balaban J connectivity index is 0.00000462. The average molecular weight is 607 g/mol. The third kappa shape index (κ3) is 8.36. The normalized spacial score (nSPS) is 19.1. The molecule has 2 N–H and O–H groups in total. The first kappa shape index (κ1) is 32.7. The second-order valence-corrected chi connectivity index (χ2v) is 13.2. The molecule has 2 aromatic rings. The summed E-state index contributed by atoms with van der Waals surface area (Å²) in [6.45, 7) is 9.14. The van der Waals surface area contributed by atoms with Gasteiger partial charge in [-0.15, -0.1) is 12.4 Å². The minimum Gasteiger partial charge on any atom is -0.457 e. The van der Waals surface area contributed by atoms with Crippen LogP contribution in [0.15, 0.2) is 48.5 Å². The molecule has 226 valence electrons. The van der Waals surface area contributed by atoms with Gasteiger partial charge in [0.15, 0.2) is 0 Å². The lowest BCUT2D eigenvalue weighted by atomic mass is 9.80. The van der Waals surface area contributed by atoms with Crippen LogP contribution < -0.4 is 14.8 Å². The lowest BCUT2D eigenvalue weighted by Crippen LogP contribution is -2.73. The van der Waals surface area contributed by atoms with Crippen LogP contribution in [0.25, 0.3) is 0 Å². The van der Waals surface area contributed by atoms with Crippen molar-refractivity contribution >= 4 is 39.9 Å². The number of carbonyl (C=O) groups excluding carboxylic acids is 2. The first-order chi connectivity index (χ1) is 19.0. The Morgan fingerprint density at radius 2 is 1.61 bits per heavy atom. The number of carbonyl (C=O) groups is 2. The summed E-state index contributed by atoms with van der Waals surface area (Å²) in [4.78, 5) is 31.1. The van der Waals surface area contributed by atoms with Gasteiger partial charge in [-0.25, -0.2) is 8.42 Å². The van der Waals surface area contributed by atoms with E-state index in [9.17, 15) is 18.0 Å². The Kier molecular flexibility index (Phi) is 11.1. The number of nitrogens with zero attached hydrogens (tertiary/aromatic N) is 2. The maximum atomic E-state index is 13.5. The number of amides is 2. The largest absolute Gasteiger partial charge is 0.457 e. The molecule has 2 saturated heterocycles. The van der Waals surface area contributed by atoms with E-state index in [2.05, 4.69) is 35.7 Å². The molecule has 1 atom stereocenters. The van der Waals surface area contributed by atoms with Crippen molar-refractivity contribution in [1.29, 1.82) is 0 Å². The maximum absolute atomic E-state index is 13.5. The second kappa shape index (κ2) is 13.9. The lowest BCUT2D eigenvalue weighted by Gasteiger charge is -2.52. The van der Waals surface area contributed by atoms with Gasteiger partial charge in [-0.1, -0.05) is 39.3 Å². The SMILES string of the molecule is CCCCN1C(=O)[C@H](CC(C)C)NC(=O)C12CCN(Cc1ccc(Oc3ccc(NS(C)(=O)=O)cc3)cc1)CC2.Cl. The Morgan fingerprint density at radius 3 is 2.15 bits per heavy atom. The van der Waals surface area contributed by atoms with E-state index in [0.29, 0.717) is 48.9 Å². The smallest absolute Gasteiger partial charge is 0.246 e. The number of anilines is 1. The highest BCUT2D eigenvalue weighted by Crippen LogP contribution is 2.35. The summed E-state index contributed by atoms with van der Waals surface area (Å²) < 4.78 is 31.1. The summed E-state index contributed by atoms with van der Waals surface area (Å²) in [5.74, 6) is 1.71. The zero-order valence-corrected chi connectivity index (χ0v) is 26.0. The molecule has 2 aliphatic rings. The molecule has 1 spiro atoms. The Hall–Kier alpha value is -2.82. The minimum absolute atomic E-state index is 0. The summed E-state index contributed by atoms with van der Waals surface area (Å²) in [6, 6.07) is 14.2. The Morgan fingerprint density at radius 1 is 1.02 bits per heavy atom. The molecule has 0 bridgehead atoms. The van der Waals surface area contributed by atoms with Crippen LogP contribution in [0, 0.1) is 5.92 Å². The van der Waals surface area contributed by atoms with Gasteiger partial charge < -0.3 is 15.0 Å². The summed E-state index contributed by atoms with van der Waals surface area (Å²) >= 11 is 0. The molecular formula is C30H43ClN4O5S. The van der Waals surface area contributed by atoms with Crippen LogP contribution >= 0.6 is 12.4 Å². The van der Waals surface area contributed by atoms with Crippen molar-refractivity contribution in [3.63, 3.8) is 0 Å². The number of ether oxygens (including phenoxy) is 1. The number of hydrogen-bond donors (Lipinski definition) is 2. The molecule has 0 aromatic heterocycles. The topological polar surface area (TPSA) is 108 Å². The Labute approximate surface area is 250 Å². The number of piperidine rings is 1. The van der Waals surface area contributed by atoms with E-state index in [1.54, 1.807) is 24.3 Å². The van der Waals surface area contributed by atoms with Gasteiger partial charge in [0.2, 0.25) is 21.8 Å². The second-order valence-electron chi connectivity index (χ2n) is 11.5. The first-order valence-corrected chi connectivity index (χ1v) is 16.1. The van der Waals surface area contributed by atoms with E-state index in [0.717, 1.165) is 44.3 Å². The third-order valence-electron chi connectivity index (χ3n) is 7.66. The molecule has 0 unspecified atom stereocenters. The number of halogens is 1. The van der Waals surface area contributed by atoms with Gasteiger partial charge in [0.25, 0.3) is 0 Å². The lowest BCUT2D eigenvalue weighted by molar-refractivity contribution is -0.161. The van der Waals surface area contributed by atoms with E-state index in [-0.39, 0.29) is 24.2 Å². The highest BCUT2D eigenvalue weighted by molar-refractivity contribution is 7.92. The number of hydrogen-bond acceptors (Lipinski definition) is 6. The molecule has 0 radical (unpaired) electrons. The highest BCUT2D eigenvalue weighted by Gasteiger charge is 2.53. The van der Waals surface area contributed by atoms with E-state index in [4.69, 9.17) is 4.74 Å². The standard InChI is InChI=1S/C30H42N4O5S.ClH/c1-5-6-17-34-28(35)27(20-22(2)3)31-29(36)30(34)15-18-33(19-16-30)21-23-7-11-25(12-8-23)39-26-13-9-24(10-14-26)32-40(4,37)38;/h7-14,22,27,32H,5-6,15-21H2,1-4H3,(H,31,36);1H/t27-;/m0./s1. The number of nitrogens with one attached hydrogen (secondary N) is 2. The van der Waals surface area contributed by atoms with Crippen LogP contribution in [0.3, 0.4) is 0 Å². The third-order valence-corrected chi connectivity index (χ3v) is 8.26. The predicted octanol–water partition coefficient (Wildman–Crippen LogP) is 4.78. The minimum atomic E-state index is -3.32. The fourth-order valence-corrected chi connectivity index (χ4v) is 6.15. The van der Waals surface area contributed by atoms with Crippen molar-refractivity contribution in [1.82, 2.24) is 15.1 Å². The van der Waals surface area contributed by atoms with E-state index >= 15 is 0 Å². The molecule has 2 fully saturated rings. The molecule has 11 heteroatoms. The molecule has 0 aliphatic carbocycles. The highest BCUT2D eigenvalue weighted by atomic mass is 35.5. The summed E-state index contributed by atoms with van der Waals surface area (Å²) in [7, 11) is -3.32. The van der Waals surface area contributed by atoms with Crippen LogP contribution in [0.1, 0.15) is 58.4 Å². The fraction of sp³-hybridized carbons (Fsp3) is 0.533.